The number of benzene rings is 1. The molecule has 0 bridgehead atoms. The molecule has 1 unspecified atom stereocenters. The molecule has 1 aliphatic heterocycles. The standard InChI is InChI=1S/C15H21NO/c1-14(6-3-9-16-14)13-5-2-4-12(10-13)11-15(17)7-8-15/h2,4-5,10,16-17H,3,6-9,11H2,1H3. The summed E-state index contributed by atoms with van der Waals surface area (Å²) in [7, 11) is 0. The summed E-state index contributed by atoms with van der Waals surface area (Å²) in [6, 6.07) is 8.74. The maximum atomic E-state index is 9.99. The first-order valence-electron chi connectivity index (χ1n) is 6.67. The Morgan fingerprint density at radius 1 is 1.29 bits per heavy atom. The Labute approximate surface area is 103 Å². The Bertz CT molecular complexity index is 417. The topological polar surface area (TPSA) is 32.3 Å². The average Bonchev–Trinajstić information content (AvgIpc) is 2.86. The van der Waals surface area contributed by atoms with Crippen LogP contribution in [0.2, 0.25) is 0 Å². The van der Waals surface area contributed by atoms with Gasteiger partial charge in [0.25, 0.3) is 0 Å². The normalized spacial score (nSPS) is 30.5. The zero-order valence-electron chi connectivity index (χ0n) is 10.5. The van der Waals surface area contributed by atoms with Crippen LogP contribution >= 0.6 is 0 Å². The van der Waals surface area contributed by atoms with E-state index in [0.29, 0.717) is 0 Å². The molecule has 92 valence electrons. The Kier molecular flexibility index (Phi) is 2.53. The Morgan fingerprint density at radius 2 is 2.12 bits per heavy atom. The van der Waals surface area contributed by atoms with Crippen LogP contribution in [0.4, 0.5) is 0 Å². The van der Waals surface area contributed by atoms with Gasteiger partial charge in [-0.25, -0.2) is 0 Å². The van der Waals surface area contributed by atoms with Crippen molar-refractivity contribution in [1.29, 1.82) is 0 Å². The molecule has 1 aliphatic carbocycles. The average molecular weight is 231 g/mol. The minimum atomic E-state index is -0.386. The largest absolute Gasteiger partial charge is 0.390 e. The van der Waals surface area contributed by atoms with Crippen LogP contribution in [0.15, 0.2) is 24.3 Å². The zero-order valence-corrected chi connectivity index (χ0v) is 10.5. The number of hydrogen-bond donors (Lipinski definition) is 2. The monoisotopic (exact) mass is 231 g/mol. The van der Waals surface area contributed by atoms with E-state index < -0.39 is 0 Å². The number of hydrogen-bond acceptors (Lipinski definition) is 2. The molecule has 2 fully saturated rings. The third-order valence-electron chi connectivity index (χ3n) is 4.29. The molecule has 0 spiro atoms. The van der Waals surface area contributed by atoms with E-state index in [0.717, 1.165) is 25.8 Å². The molecule has 0 radical (unpaired) electrons. The third kappa shape index (κ3) is 2.24. The van der Waals surface area contributed by atoms with Gasteiger partial charge in [0.15, 0.2) is 0 Å². The van der Waals surface area contributed by atoms with E-state index in [1.165, 1.54) is 24.0 Å². The number of aliphatic hydroxyl groups is 1. The predicted octanol–water partition coefficient (Wildman–Crippen LogP) is 2.35. The fourth-order valence-corrected chi connectivity index (χ4v) is 2.87. The molecule has 1 aromatic carbocycles. The van der Waals surface area contributed by atoms with E-state index in [9.17, 15) is 5.11 Å². The molecule has 2 nitrogen and oxygen atoms in total. The predicted molar refractivity (Wildman–Crippen MR) is 68.9 cm³/mol. The van der Waals surface area contributed by atoms with Gasteiger partial charge < -0.3 is 10.4 Å². The van der Waals surface area contributed by atoms with Crippen molar-refractivity contribution in [3.8, 4) is 0 Å². The second-order valence-corrected chi connectivity index (χ2v) is 5.96. The van der Waals surface area contributed by atoms with Gasteiger partial charge >= 0.3 is 0 Å². The van der Waals surface area contributed by atoms with Gasteiger partial charge in [-0.05, 0) is 50.3 Å². The molecule has 3 rings (SSSR count). The summed E-state index contributed by atoms with van der Waals surface area (Å²) in [6.45, 7) is 3.40. The molecule has 2 N–H and O–H groups in total. The molecule has 17 heavy (non-hydrogen) atoms. The van der Waals surface area contributed by atoms with E-state index >= 15 is 0 Å². The molecule has 2 heteroatoms. The second kappa shape index (κ2) is 3.82. The van der Waals surface area contributed by atoms with Crippen LogP contribution in [0.5, 0.6) is 0 Å². The maximum absolute atomic E-state index is 9.99. The summed E-state index contributed by atoms with van der Waals surface area (Å²) >= 11 is 0. The van der Waals surface area contributed by atoms with Crippen molar-refractivity contribution in [2.24, 2.45) is 0 Å². The Hall–Kier alpha value is -0.860. The van der Waals surface area contributed by atoms with E-state index in [4.69, 9.17) is 0 Å². The minimum absolute atomic E-state index is 0.141. The first kappa shape index (κ1) is 11.2. The fraction of sp³-hybridized carbons (Fsp3) is 0.600. The van der Waals surface area contributed by atoms with Crippen LogP contribution < -0.4 is 5.32 Å². The van der Waals surface area contributed by atoms with Gasteiger partial charge in [0, 0.05) is 12.0 Å². The van der Waals surface area contributed by atoms with Crippen LogP contribution in [-0.4, -0.2) is 17.3 Å². The quantitative estimate of drug-likeness (QED) is 0.837. The van der Waals surface area contributed by atoms with E-state index in [2.05, 4.69) is 36.5 Å². The minimum Gasteiger partial charge on any atom is -0.390 e. The van der Waals surface area contributed by atoms with Gasteiger partial charge in [0.05, 0.1) is 5.60 Å². The van der Waals surface area contributed by atoms with E-state index in [-0.39, 0.29) is 11.1 Å². The molecule has 0 aromatic heterocycles. The first-order chi connectivity index (χ1) is 8.10. The highest BCUT2D eigenvalue weighted by Crippen LogP contribution is 2.39. The van der Waals surface area contributed by atoms with Crippen molar-refractivity contribution in [3.63, 3.8) is 0 Å². The molecule has 0 amide bonds. The summed E-state index contributed by atoms with van der Waals surface area (Å²) < 4.78 is 0. The van der Waals surface area contributed by atoms with Gasteiger partial charge in [0.2, 0.25) is 0 Å². The molecule has 1 aromatic rings. The van der Waals surface area contributed by atoms with Gasteiger partial charge in [-0.2, -0.15) is 0 Å². The van der Waals surface area contributed by atoms with Crippen molar-refractivity contribution >= 4 is 0 Å². The maximum Gasteiger partial charge on any atom is 0.0690 e. The fourth-order valence-electron chi connectivity index (χ4n) is 2.87. The molecule has 1 saturated carbocycles. The lowest BCUT2D eigenvalue weighted by atomic mass is 9.88. The Morgan fingerprint density at radius 3 is 2.76 bits per heavy atom. The third-order valence-corrected chi connectivity index (χ3v) is 4.29. The molecule has 1 saturated heterocycles. The van der Waals surface area contributed by atoms with Crippen molar-refractivity contribution < 1.29 is 5.11 Å². The van der Waals surface area contributed by atoms with Gasteiger partial charge in [-0.15, -0.1) is 0 Å². The van der Waals surface area contributed by atoms with Gasteiger partial charge in [0.1, 0.15) is 0 Å². The SMILES string of the molecule is CC1(c2cccc(CC3(O)CC3)c2)CCCN1. The first-order valence-corrected chi connectivity index (χ1v) is 6.67. The van der Waals surface area contributed by atoms with Crippen LogP contribution in [0.3, 0.4) is 0 Å². The van der Waals surface area contributed by atoms with E-state index in [1.54, 1.807) is 0 Å². The molecule has 1 atom stereocenters. The van der Waals surface area contributed by atoms with Gasteiger partial charge in [-0.3, -0.25) is 0 Å². The number of rotatable bonds is 3. The summed E-state index contributed by atoms with van der Waals surface area (Å²) in [5, 5.41) is 13.6. The molecular weight excluding hydrogens is 210 g/mol. The van der Waals surface area contributed by atoms with Crippen LogP contribution in [0.25, 0.3) is 0 Å². The second-order valence-electron chi connectivity index (χ2n) is 5.96. The highest BCUT2D eigenvalue weighted by atomic mass is 16.3. The van der Waals surface area contributed by atoms with Crippen molar-refractivity contribution in [1.82, 2.24) is 5.32 Å². The lowest BCUT2D eigenvalue weighted by Crippen LogP contribution is -2.33. The van der Waals surface area contributed by atoms with Crippen LogP contribution in [0.1, 0.15) is 43.7 Å². The summed E-state index contributed by atoms with van der Waals surface area (Å²) in [4.78, 5) is 0. The highest BCUT2D eigenvalue weighted by Gasteiger charge is 2.40. The van der Waals surface area contributed by atoms with Gasteiger partial charge in [-0.1, -0.05) is 24.3 Å². The van der Waals surface area contributed by atoms with Crippen molar-refractivity contribution in [2.75, 3.05) is 6.54 Å². The number of nitrogens with one attached hydrogen (secondary N) is 1. The van der Waals surface area contributed by atoms with E-state index in [1.807, 2.05) is 0 Å². The van der Waals surface area contributed by atoms with Crippen molar-refractivity contribution in [2.45, 2.75) is 50.2 Å². The molecular formula is C15H21NO. The zero-order chi connectivity index (χ0) is 11.9. The molecule has 2 aliphatic rings. The smallest absolute Gasteiger partial charge is 0.0690 e. The lowest BCUT2D eigenvalue weighted by Gasteiger charge is -2.25. The van der Waals surface area contributed by atoms with Crippen LogP contribution in [-0.2, 0) is 12.0 Å². The lowest BCUT2D eigenvalue weighted by molar-refractivity contribution is 0.151. The molecule has 1 heterocycles. The Balaban J connectivity index is 1.83. The van der Waals surface area contributed by atoms with Crippen molar-refractivity contribution in [3.05, 3.63) is 35.4 Å². The summed E-state index contributed by atoms with van der Waals surface area (Å²) in [5.41, 5.74) is 2.40. The summed E-state index contributed by atoms with van der Waals surface area (Å²) in [5.74, 6) is 0. The van der Waals surface area contributed by atoms with Crippen LogP contribution in [0, 0.1) is 0 Å². The highest BCUT2D eigenvalue weighted by molar-refractivity contribution is 5.31. The summed E-state index contributed by atoms with van der Waals surface area (Å²) in [6.07, 6.45) is 5.21.